The Labute approximate surface area is 277 Å². The lowest BCUT2D eigenvalue weighted by Gasteiger charge is -2.32. The second-order valence-electron chi connectivity index (χ2n) is 13.1. The highest BCUT2D eigenvalue weighted by Crippen LogP contribution is 2.53. The molecule has 6 aromatic carbocycles. The summed E-state index contributed by atoms with van der Waals surface area (Å²) in [4.78, 5) is 0. The third kappa shape index (κ3) is 5.06. The highest BCUT2D eigenvalue weighted by Gasteiger charge is 2.37. The molecule has 4 nitrogen and oxygen atoms in total. The molecule has 0 radical (unpaired) electrons. The fraction of sp³-hybridized carbons (Fsp3) is 0.163. The van der Waals surface area contributed by atoms with Gasteiger partial charge in [0.05, 0.1) is 17.2 Å². The third-order valence-electron chi connectivity index (χ3n) is 9.93. The van der Waals surface area contributed by atoms with E-state index in [2.05, 4.69) is 180 Å². The monoisotopic (exact) mass is 612 g/mol. The van der Waals surface area contributed by atoms with Gasteiger partial charge in [0.15, 0.2) is 0 Å². The number of aromatic nitrogens is 1. The Morgan fingerprint density at radius 1 is 0.660 bits per heavy atom. The molecule has 1 aliphatic rings. The fourth-order valence-corrected chi connectivity index (χ4v) is 7.69. The van der Waals surface area contributed by atoms with Crippen LogP contribution in [-0.2, 0) is 18.5 Å². The van der Waals surface area contributed by atoms with Crippen molar-refractivity contribution < 1.29 is 0 Å². The number of hydrogen-bond donors (Lipinski definition) is 2. The standard InChI is InChI=1S/C43H40N4/c1-43(2)36-23-12-10-21-34(36)40-37(43)25-26-39-41(40)35-22-11-13-24-38(35)47(39)33-20-14-17-31(27-33)28-45-46(29-30-15-6-4-7-16-30)42(44-3)32-18-8-5-9-19-32/h4-27,42,44-45H,28-29H2,1-3H3. The Morgan fingerprint density at radius 3 is 2.17 bits per heavy atom. The van der Waals surface area contributed by atoms with Crippen molar-refractivity contribution in [1.82, 2.24) is 20.3 Å². The van der Waals surface area contributed by atoms with Gasteiger partial charge >= 0.3 is 0 Å². The SMILES string of the molecule is CNC(c1ccccc1)N(Cc1ccccc1)NCc1cccc(-n2c3ccccc3c3c4c(ccc32)C(C)(C)c2ccccc2-4)c1. The molecule has 2 N–H and O–H groups in total. The number of nitrogens with one attached hydrogen (secondary N) is 2. The molecular formula is C43H40N4. The molecule has 0 fully saturated rings. The lowest BCUT2D eigenvalue weighted by atomic mass is 9.82. The van der Waals surface area contributed by atoms with Gasteiger partial charge in [-0.2, -0.15) is 0 Å². The Hall–Kier alpha value is -5.00. The first-order valence-electron chi connectivity index (χ1n) is 16.6. The molecule has 47 heavy (non-hydrogen) atoms. The van der Waals surface area contributed by atoms with E-state index in [1.165, 1.54) is 66.4 Å². The molecule has 0 aliphatic heterocycles. The molecule has 1 aromatic heterocycles. The van der Waals surface area contributed by atoms with Gasteiger partial charge in [-0.15, -0.1) is 0 Å². The van der Waals surface area contributed by atoms with Crippen LogP contribution in [0.25, 0.3) is 38.6 Å². The van der Waals surface area contributed by atoms with E-state index in [4.69, 9.17) is 0 Å². The maximum atomic E-state index is 3.80. The number of fused-ring (bicyclic) bond motifs is 7. The highest BCUT2D eigenvalue weighted by atomic mass is 15.5. The van der Waals surface area contributed by atoms with Gasteiger partial charge < -0.3 is 9.88 Å². The Kier molecular flexibility index (Phi) is 7.49. The summed E-state index contributed by atoms with van der Waals surface area (Å²) in [6.45, 7) is 6.17. The van der Waals surface area contributed by atoms with Crippen LogP contribution < -0.4 is 10.7 Å². The fourth-order valence-electron chi connectivity index (χ4n) is 7.69. The van der Waals surface area contributed by atoms with E-state index in [1.807, 2.05) is 7.05 Å². The average molecular weight is 613 g/mol. The molecule has 1 unspecified atom stereocenters. The van der Waals surface area contributed by atoms with E-state index in [1.54, 1.807) is 0 Å². The average Bonchev–Trinajstić information content (AvgIpc) is 3.57. The molecule has 1 heterocycles. The van der Waals surface area contributed by atoms with Gasteiger partial charge in [0.25, 0.3) is 0 Å². The minimum absolute atomic E-state index is 0.00569. The van der Waals surface area contributed by atoms with Crippen molar-refractivity contribution in [3.8, 4) is 16.8 Å². The van der Waals surface area contributed by atoms with Crippen molar-refractivity contribution >= 4 is 21.8 Å². The second-order valence-corrected chi connectivity index (χ2v) is 13.1. The van der Waals surface area contributed by atoms with E-state index in [0.29, 0.717) is 6.54 Å². The maximum absolute atomic E-state index is 3.80. The number of para-hydroxylation sites is 1. The van der Waals surface area contributed by atoms with Crippen LogP contribution >= 0.6 is 0 Å². The van der Waals surface area contributed by atoms with Crippen molar-refractivity contribution in [2.75, 3.05) is 7.05 Å². The zero-order chi connectivity index (χ0) is 32.0. The van der Waals surface area contributed by atoms with E-state index in [9.17, 15) is 0 Å². The molecule has 0 spiro atoms. The molecule has 7 aromatic rings. The van der Waals surface area contributed by atoms with E-state index < -0.39 is 0 Å². The molecule has 1 atom stereocenters. The lowest BCUT2D eigenvalue weighted by molar-refractivity contribution is 0.0918. The molecule has 0 saturated heterocycles. The Bertz CT molecular complexity index is 2200. The van der Waals surface area contributed by atoms with Gasteiger partial charge in [-0.25, -0.2) is 10.4 Å². The van der Waals surface area contributed by atoms with Crippen LogP contribution in [-0.4, -0.2) is 16.6 Å². The van der Waals surface area contributed by atoms with Crippen LogP contribution in [0.4, 0.5) is 0 Å². The minimum Gasteiger partial charge on any atom is -0.309 e. The Balaban J connectivity index is 1.19. The molecule has 1 aliphatic carbocycles. The van der Waals surface area contributed by atoms with Crippen molar-refractivity contribution in [2.24, 2.45) is 0 Å². The zero-order valence-electron chi connectivity index (χ0n) is 27.2. The summed E-state index contributed by atoms with van der Waals surface area (Å²) in [6, 6.07) is 52.8. The summed E-state index contributed by atoms with van der Waals surface area (Å²) < 4.78 is 2.45. The smallest absolute Gasteiger partial charge is 0.0993 e. The van der Waals surface area contributed by atoms with Crippen molar-refractivity contribution in [2.45, 2.75) is 38.5 Å². The number of hydrogen-bond acceptors (Lipinski definition) is 3. The topological polar surface area (TPSA) is 32.2 Å². The predicted molar refractivity (Wildman–Crippen MR) is 195 cm³/mol. The molecule has 4 heteroatoms. The van der Waals surface area contributed by atoms with Gasteiger partial charge in [0.1, 0.15) is 0 Å². The number of nitrogens with zero attached hydrogens (tertiary/aromatic N) is 2. The van der Waals surface area contributed by atoms with Crippen LogP contribution in [0, 0.1) is 0 Å². The molecule has 0 saturated carbocycles. The van der Waals surface area contributed by atoms with Gasteiger partial charge in [0, 0.05) is 35.0 Å². The first kappa shape index (κ1) is 29.4. The number of benzene rings is 6. The quantitative estimate of drug-likeness (QED) is 0.126. The van der Waals surface area contributed by atoms with E-state index >= 15 is 0 Å². The van der Waals surface area contributed by atoms with Gasteiger partial charge in [-0.05, 0) is 70.3 Å². The second kappa shape index (κ2) is 12.0. The van der Waals surface area contributed by atoms with Gasteiger partial charge in [-0.1, -0.05) is 135 Å². The largest absolute Gasteiger partial charge is 0.309 e. The summed E-state index contributed by atoms with van der Waals surface area (Å²) in [7, 11) is 2.02. The molecule has 232 valence electrons. The molecule has 0 bridgehead atoms. The van der Waals surface area contributed by atoms with Crippen LogP contribution in [0.1, 0.15) is 47.8 Å². The van der Waals surface area contributed by atoms with Crippen molar-refractivity contribution in [3.05, 3.63) is 173 Å². The van der Waals surface area contributed by atoms with Gasteiger partial charge in [-0.3, -0.25) is 0 Å². The van der Waals surface area contributed by atoms with E-state index in [0.717, 1.165) is 6.54 Å². The van der Waals surface area contributed by atoms with Crippen LogP contribution in [0.15, 0.2) is 146 Å². The Morgan fingerprint density at radius 2 is 1.36 bits per heavy atom. The highest BCUT2D eigenvalue weighted by molar-refractivity contribution is 6.17. The summed E-state index contributed by atoms with van der Waals surface area (Å²) in [5, 5.41) is 8.48. The number of rotatable bonds is 9. The number of hydrazine groups is 1. The molecule has 0 amide bonds. The minimum atomic E-state index is -0.0362. The zero-order valence-corrected chi connectivity index (χ0v) is 27.2. The summed E-state index contributed by atoms with van der Waals surface area (Å²) >= 11 is 0. The van der Waals surface area contributed by atoms with Gasteiger partial charge in [0.2, 0.25) is 0 Å². The maximum Gasteiger partial charge on any atom is 0.0993 e. The van der Waals surface area contributed by atoms with Crippen molar-refractivity contribution in [3.63, 3.8) is 0 Å². The summed E-state index contributed by atoms with van der Waals surface area (Å²) in [5.41, 5.74) is 16.7. The summed E-state index contributed by atoms with van der Waals surface area (Å²) in [6.07, 6.45) is 0.00569. The van der Waals surface area contributed by atoms with Crippen LogP contribution in [0.5, 0.6) is 0 Å². The van der Waals surface area contributed by atoms with Crippen LogP contribution in [0.2, 0.25) is 0 Å². The normalized spacial score (nSPS) is 14.0. The lowest BCUT2D eigenvalue weighted by Crippen LogP contribution is -2.45. The third-order valence-corrected chi connectivity index (χ3v) is 9.93. The molecule has 8 rings (SSSR count). The first-order chi connectivity index (χ1) is 23.0. The van der Waals surface area contributed by atoms with Crippen molar-refractivity contribution in [1.29, 1.82) is 0 Å². The first-order valence-corrected chi connectivity index (χ1v) is 16.6. The summed E-state index contributed by atoms with van der Waals surface area (Å²) in [5.74, 6) is 0. The predicted octanol–water partition coefficient (Wildman–Crippen LogP) is 9.51. The molecular weight excluding hydrogens is 573 g/mol. The van der Waals surface area contributed by atoms with E-state index in [-0.39, 0.29) is 11.6 Å². The van der Waals surface area contributed by atoms with Crippen LogP contribution in [0.3, 0.4) is 0 Å².